The number of rotatable bonds is 4. The highest BCUT2D eigenvalue weighted by Gasteiger charge is 2.52. The van der Waals surface area contributed by atoms with Crippen molar-refractivity contribution >= 4 is 0 Å². The normalized spacial score (nSPS) is 38.5. The van der Waals surface area contributed by atoms with Crippen LogP contribution in [0.1, 0.15) is 56.9 Å². The molecule has 0 heterocycles. The summed E-state index contributed by atoms with van der Waals surface area (Å²) in [5.74, 6) is 4.30. The van der Waals surface area contributed by atoms with Crippen LogP contribution in [0.5, 0.6) is 5.75 Å². The molecule has 1 unspecified atom stereocenters. The van der Waals surface area contributed by atoms with Crippen molar-refractivity contribution in [1.29, 1.82) is 0 Å². The summed E-state index contributed by atoms with van der Waals surface area (Å²) < 4.78 is 6.55. The summed E-state index contributed by atoms with van der Waals surface area (Å²) in [4.78, 5) is 0. The van der Waals surface area contributed by atoms with Crippen LogP contribution in [-0.2, 0) is 0 Å². The molecule has 0 aromatic heterocycles. The van der Waals surface area contributed by atoms with E-state index in [1.807, 2.05) is 0 Å². The summed E-state index contributed by atoms with van der Waals surface area (Å²) in [7, 11) is 0. The van der Waals surface area contributed by atoms with Gasteiger partial charge >= 0.3 is 0 Å². The predicted octanol–water partition coefficient (Wildman–Crippen LogP) is 4.10. The van der Waals surface area contributed by atoms with E-state index < -0.39 is 0 Å². The highest BCUT2D eigenvalue weighted by molar-refractivity contribution is 5.30. The molecule has 21 heavy (non-hydrogen) atoms. The Labute approximate surface area is 128 Å². The third-order valence-corrected chi connectivity index (χ3v) is 6.12. The van der Waals surface area contributed by atoms with Gasteiger partial charge in [0, 0.05) is 0 Å². The fraction of sp³-hybridized carbons (Fsp3) is 0.684. The summed E-state index contributed by atoms with van der Waals surface area (Å²) in [5, 5.41) is 0. The molecule has 2 heteroatoms. The number of hydrogen-bond acceptors (Lipinski definition) is 2. The fourth-order valence-electron chi connectivity index (χ4n) is 5.41. The highest BCUT2D eigenvalue weighted by Crippen LogP contribution is 2.57. The van der Waals surface area contributed by atoms with Crippen molar-refractivity contribution in [3.63, 3.8) is 0 Å². The van der Waals surface area contributed by atoms with Crippen molar-refractivity contribution in [1.82, 2.24) is 0 Å². The van der Waals surface area contributed by atoms with Gasteiger partial charge < -0.3 is 10.5 Å². The largest absolute Gasteiger partial charge is 0.487 e. The van der Waals surface area contributed by atoms with Gasteiger partial charge in [0.25, 0.3) is 0 Å². The minimum atomic E-state index is 0.162. The summed E-state index contributed by atoms with van der Waals surface area (Å²) >= 11 is 0. The fourth-order valence-corrected chi connectivity index (χ4v) is 5.41. The minimum absolute atomic E-state index is 0.162. The Bertz CT molecular complexity index is 472. The molecule has 0 amide bonds. The molecular formula is C19H27NO. The van der Waals surface area contributed by atoms with E-state index in [-0.39, 0.29) is 5.60 Å². The van der Waals surface area contributed by atoms with E-state index in [0.717, 1.165) is 23.5 Å². The zero-order chi connectivity index (χ0) is 14.4. The second-order valence-corrected chi connectivity index (χ2v) is 7.91. The predicted molar refractivity (Wildman–Crippen MR) is 85.4 cm³/mol. The van der Waals surface area contributed by atoms with Crippen LogP contribution in [0.4, 0.5) is 0 Å². The molecule has 0 saturated heterocycles. The molecule has 2 N–H and O–H groups in total. The Kier molecular flexibility index (Phi) is 3.25. The molecule has 4 bridgehead atoms. The Morgan fingerprint density at radius 3 is 2.05 bits per heavy atom. The van der Waals surface area contributed by atoms with E-state index in [0.29, 0.717) is 12.5 Å². The van der Waals surface area contributed by atoms with Crippen LogP contribution in [0, 0.1) is 17.8 Å². The van der Waals surface area contributed by atoms with Gasteiger partial charge in [0.05, 0.1) is 0 Å². The summed E-state index contributed by atoms with van der Waals surface area (Å²) in [5.41, 5.74) is 7.22. The lowest BCUT2D eigenvalue weighted by atomic mass is 9.54. The second-order valence-electron chi connectivity index (χ2n) is 7.91. The summed E-state index contributed by atoms with van der Waals surface area (Å²) in [6.45, 7) is 2.88. The Hall–Kier alpha value is -1.02. The average Bonchev–Trinajstić information content (AvgIpc) is 2.45. The van der Waals surface area contributed by atoms with Gasteiger partial charge in [0.1, 0.15) is 11.4 Å². The maximum Gasteiger partial charge on any atom is 0.120 e. The highest BCUT2D eigenvalue weighted by atomic mass is 16.5. The minimum Gasteiger partial charge on any atom is -0.487 e. The molecule has 4 saturated carbocycles. The molecule has 1 atom stereocenters. The van der Waals surface area contributed by atoms with Crippen LogP contribution >= 0.6 is 0 Å². The molecular weight excluding hydrogens is 258 g/mol. The Morgan fingerprint density at radius 1 is 1.05 bits per heavy atom. The van der Waals surface area contributed by atoms with E-state index in [4.69, 9.17) is 10.5 Å². The first-order chi connectivity index (χ1) is 10.2. The van der Waals surface area contributed by atoms with Gasteiger partial charge in [-0.1, -0.05) is 19.1 Å². The lowest BCUT2D eigenvalue weighted by Gasteiger charge is -2.56. The molecule has 0 radical (unpaired) electrons. The molecule has 0 spiro atoms. The molecule has 4 fully saturated rings. The zero-order valence-corrected chi connectivity index (χ0v) is 13.1. The zero-order valence-electron chi connectivity index (χ0n) is 13.1. The van der Waals surface area contributed by atoms with Crippen LogP contribution in [0.2, 0.25) is 0 Å². The van der Waals surface area contributed by atoms with Gasteiger partial charge in [0.15, 0.2) is 0 Å². The molecule has 2 nitrogen and oxygen atoms in total. The third-order valence-electron chi connectivity index (χ3n) is 6.12. The van der Waals surface area contributed by atoms with Gasteiger partial charge in [-0.2, -0.15) is 0 Å². The van der Waals surface area contributed by atoms with Crippen LogP contribution in [-0.4, -0.2) is 12.1 Å². The van der Waals surface area contributed by atoms with Gasteiger partial charge in [0.2, 0.25) is 0 Å². The number of nitrogens with two attached hydrogens (primary N) is 1. The summed E-state index contributed by atoms with van der Waals surface area (Å²) in [6, 6.07) is 8.68. The standard InChI is InChI=1S/C19H27NO/c1-13(12-20)17-2-4-18(5-3-17)21-19-9-14-6-15(10-19)8-16(7-14)11-19/h2-5,13-16H,6-12,20H2,1H3. The van der Waals surface area contributed by atoms with Crippen LogP contribution in [0.3, 0.4) is 0 Å². The average molecular weight is 285 g/mol. The van der Waals surface area contributed by atoms with Crippen LogP contribution in [0.15, 0.2) is 24.3 Å². The molecule has 4 aliphatic carbocycles. The first-order valence-corrected chi connectivity index (χ1v) is 8.65. The van der Waals surface area contributed by atoms with Crippen LogP contribution < -0.4 is 10.5 Å². The van der Waals surface area contributed by atoms with Gasteiger partial charge in [-0.05, 0) is 86.4 Å². The molecule has 114 valence electrons. The molecule has 5 rings (SSSR count). The van der Waals surface area contributed by atoms with Crippen molar-refractivity contribution in [2.75, 3.05) is 6.54 Å². The van der Waals surface area contributed by atoms with Crippen molar-refractivity contribution in [2.24, 2.45) is 23.5 Å². The first-order valence-electron chi connectivity index (χ1n) is 8.65. The third kappa shape index (κ3) is 2.48. The van der Waals surface area contributed by atoms with E-state index in [9.17, 15) is 0 Å². The van der Waals surface area contributed by atoms with Gasteiger partial charge in [-0.25, -0.2) is 0 Å². The molecule has 0 aliphatic heterocycles. The van der Waals surface area contributed by atoms with Gasteiger partial charge in [-0.3, -0.25) is 0 Å². The Balaban J connectivity index is 1.51. The monoisotopic (exact) mass is 285 g/mol. The van der Waals surface area contributed by atoms with E-state index >= 15 is 0 Å². The maximum absolute atomic E-state index is 6.55. The number of hydrogen-bond donors (Lipinski definition) is 1. The Morgan fingerprint density at radius 2 is 1.57 bits per heavy atom. The van der Waals surface area contributed by atoms with E-state index in [1.165, 1.54) is 44.1 Å². The van der Waals surface area contributed by atoms with Gasteiger partial charge in [-0.15, -0.1) is 0 Å². The lowest BCUT2D eigenvalue weighted by molar-refractivity contribution is -0.107. The quantitative estimate of drug-likeness (QED) is 0.904. The van der Waals surface area contributed by atoms with E-state index in [1.54, 1.807) is 0 Å². The van der Waals surface area contributed by atoms with Crippen molar-refractivity contribution in [2.45, 2.75) is 57.0 Å². The summed E-state index contributed by atoms with van der Waals surface area (Å²) in [6.07, 6.45) is 8.28. The number of benzene rings is 1. The first kappa shape index (κ1) is 13.6. The molecule has 1 aromatic rings. The van der Waals surface area contributed by atoms with Crippen molar-refractivity contribution < 1.29 is 4.74 Å². The van der Waals surface area contributed by atoms with Crippen molar-refractivity contribution in [3.8, 4) is 5.75 Å². The van der Waals surface area contributed by atoms with Crippen molar-refractivity contribution in [3.05, 3.63) is 29.8 Å². The topological polar surface area (TPSA) is 35.2 Å². The molecule has 4 aliphatic rings. The van der Waals surface area contributed by atoms with E-state index in [2.05, 4.69) is 31.2 Å². The second kappa shape index (κ2) is 5.01. The van der Waals surface area contributed by atoms with Crippen LogP contribution in [0.25, 0.3) is 0 Å². The smallest absolute Gasteiger partial charge is 0.120 e. The SMILES string of the molecule is CC(CN)c1ccc(OC23CC4CC(CC(C4)C2)C3)cc1. The maximum atomic E-state index is 6.55. The lowest BCUT2D eigenvalue weighted by Crippen LogP contribution is -2.53. The number of ether oxygens (including phenoxy) is 1. The molecule has 1 aromatic carbocycles.